The van der Waals surface area contributed by atoms with Gasteiger partial charge in [0.15, 0.2) is 17.5 Å². The van der Waals surface area contributed by atoms with Crippen LogP contribution in [0.25, 0.3) is 99.5 Å². The van der Waals surface area contributed by atoms with Crippen molar-refractivity contribution in [3.8, 4) is 45.3 Å². The molecule has 2 heterocycles. The SMILES string of the molecule is c1ccc(-c2ccc(-c3nc(-c4ccc5ccc6ccc7ccccc7c6c5c4)nc(-c4cccc5oc6ccccc6c45)n3)cc2)cc1. The fourth-order valence-electron chi connectivity index (χ4n) is 7.12. The van der Waals surface area contributed by atoms with Gasteiger partial charge in [-0.1, -0.05) is 146 Å². The molecule has 4 nitrogen and oxygen atoms in total. The number of benzene rings is 8. The highest BCUT2D eigenvalue weighted by molar-refractivity contribution is 6.20. The van der Waals surface area contributed by atoms with E-state index in [-0.39, 0.29) is 0 Å². The second kappa shape index (κ2) is 11.0. The maximum Gasteiger partial charge on any atom is 0.164 e. The summed E-state index contributed by atoms with van der Waals surface area (Å²) in [6.45, 7) is 0. The predicted molar refractivity (Wildman–Crippen MR) is 201 cm³/mol. The lowest BCUT2D eigenvalue weighted by atomic mass is 9.95. The largest absolute Gasteiger partial charge is 0.456 e. The van der Waals surface area contributed by atoms with Crippen LogP contribution in [0.15, 0.2) is 168 Å². The Morgan fingerprint density at radius 2 is 0.898 bits per heavy atom. The molecule has 0 aliphatic carbocycles. The zero-order chi connectivity index (χ0) is 32.3. The fourth-order valence-corrected chi connectivity index (χ4v) is 7.12. The van der Waals surface area contributed by atoms with E-state index in [0.29, 0.717) is 17.5 Å². The average molecular weight is 626 g/mol. The van der Waals surface area contributed by atoms with Crippen LogP contribution in [-0.2, 0) is 0 Å². The third-order valence-electron chi connectivity index (χ3n) is 9.51. The molecule has 2 aromatic heterocycles. The zero-order valence-electron chi connectivity index (χ0n) is 26.3. The van der Waals surface area contributed by atoms with E-state index in [2.05, 4.69) is 127 Å². The number of aromatic nitrogens is 3. The third kappa shape index (κ3) is 4.57. The van der Waals surface area contributed by atoms with Gasteiger partial charge >= 0.3 is 0 Å². The van der Waals surface area contributed by atoms with Gasteiger partial charge in [-0.05, 0) is 61.6 Å². The van der Waals surface area contributed by atoms with E-state index in [0.717, 1.165) is 44.2 Å². The van der Waals surface area contributed by atoms with Crippen molar-refractivity contribution >= 4 is 54.3 Å². The van der Waals surface area contributed by atoms with Crippen LogP contribution >= 0.6 is 0 Å². The van der Waals surface area contributed by atoms with Crippen molar-refractivity contribution in [2.45, 2.75) is 0 Å². The highest BCUT2D eigenvalue weighted by Gasteiger charge is 2.18. The second-order valence-corrected chi connectivity index (χ2v) is 12.4. The van der Waals surface area contributed by atoms with E-state index in [4.69, 9.17) is 19.4 Å². The van der Waals surface area contributed by atoms with Gasteiger partial charge in [0.25, 0.3) is 0 Å². The van der Waals surface area contributed by atoms with E-state index >= 15 is 0 Å². The van der Waals surface area contributed by atoms with Crippen LogP contribution in [0.2, 0.25) is 0 Å². The predicted octanol–water partition coefficient (Wildman–Crippen LogP) is 11.9. The van der Waals surface area contributed by atoms with Gasteiger partial charge in [-0.2, -0.15) is 0 Å². The molecule has 10 aromatic rings. The summed E-state index contributed by atoms with van der Waals surface area (Å²) in [6.07, 6.45) is 0. The molecule has 0 saturated heterocycles. The summed E-state index contributed by atoms with van der Waals surface area (Å²) in [7, 11) is 0. The van der Waals surface area contributed by atoms with E-state index in [9.17, 15) is 0 Å². The monoisotopic (exact) mass is 625 g/mol. The third-order valence-corrected chi connectivity index (χ3v) is 9.51. The molecule has 0 atom stereocenters. The lowest BCUT2D eigenvalue weighted by Gasteiger charge is -2.12. The van der Waals surface area contributed by atoms with Crippen LogP contribution in [0, 0.1) is 0 Å². The van der Waals surface area contributed by atoms with E-state index in [1.165, 1.54) is 37.9 Å². The van der Waals surface area contributed by atoms with Gasteiger partial charge in [0.1, 0.15) is 11.2 Å². The highest BCUT2D eigenvalue weighted by Crippen LogP contribution is 2.38. The standard InChI is InChI=1S/C45H27N3O/c1-2-9-28(10-3-1)29-17-24-33(25-18-29)43-46-44(48-45(47-43)37-14-8-16-40-42(37)36-13-6-7-15-39(36)49-40)34-26-21-31-20-23-32-22-19-30-11-4-5-12-35(30)41(32)38(31)27-34/h1-27H. The molecule has 49 heavy (non-hydrogen) atoms. The lowest BCUT2D eigenvalue weighted by molar-refractivity contribution is 0.669. The normalized spacial score (nSPS) is 11.7. The number of nitrogens with zero attached hydrogens (tertiary/aromatic N) is 3. The first-order valence-corrected chi connectivity index (χ1v) is 16.4. The summed E-state index contributed by atoms with van der Waals surface area (Å²) < 4.78 is 6.25. The number of rotatable bonds is 4. The van der Waals surface area contributed by atoms with Crippen LogP contribution < -0.4 is 0 Å². The van der Waals surface area contributed by atoms with E-state index < -0.39 is 0 Å². The topological polar surface area (TPSA) is 51.8 Å². The van der Waals surface area contributed by atoms with Crippen molar-refractivity contribution in [2.75, 3.05) is 0 Å². The van der Waals surface area contributed by atoms with Crippen molar-refractivity contribution in [3.05, 3.63) is 164 Å². The van der Waals surface area contributed by atoms with Gasteiger partial charge in [-0.3, -0.25) is 0 Å². The molecule has 0 radical (unpaired) electrons. The molecule has 10 rings (SSSR count). The zero-order valence-corrected chi connectivity index (χ0v) is 26.3. The molecule has 8 aromatic carbocycles. The minimum absolute atomic E-state index is 0.604. The first-order chi connectivity index (χ1) is 24.3. The summed E-state index contributed by atoms with van der Waals surface area (Å²) in [6, 6.07) is 57.0. The Kier molecular flexibility index (Phi) is 6.15. The van der Waals surface area contributed by atoms with E-state index in [1.54, 1.807) is 0 Å². The van der Waals surface area contributed by atoms with E-state index in [1.807, 2.05) is 36.4 Å². The van der Waals surface area contributed by atoms with Crippen molar-refractivity contribution in [1.29, 1.82) is 0 Å². The summed E-state index contributed by atoms with van der Waals surface area (Å²) in [4.78, 5) is 15.4. The van der Waals surface area contributed by atoms with Crippen LogP contribution in [0.1, 0.15) is 0 Å². The summed E-state index contributed by atoms with van der Waals surface area (Å²) in [5, 5.41) is 9.27. The molecule has 228 valence electrons. The molecule has 0 spiro atoms. The molecular formula is C45H27N3O. The lowest BCUT2D eigenvalue weighted by Crippen LogP contribution is -2.00. The number of hydrogen-bond acceptors (Lipinski definition) is 4. The van der Waals surface area contributed by atoms with Crippen LogP contribution in [0.3, 0.4) is 0 Å². The quantitative estimate of drug-likeness (QED) is 0.183. The first-order valence-electron chi connectivity index (χ1n) is 16.4. The fraction of sp³-hybridized carbons (Fsp3) is 0. The Balaban J connectivity index is 1.21. The summed E-state index contributed by atoms with van der Waals surface area (Å²) >= 11 is 0. The second-order valence-electron chi connectivity index (χ2n) is 12.4. The van der Waals surface area contributed by atoms with Gasteiger partial charge < -0.3 is 4.42 Å². The van der Waals surface area contributed by atoms with Crippen LogP contribution in [0.4, 0.5) is 0 Å². The highest BCUT2D eigenvalue weighted by atomic mass is 16.3. The molecule has 0 unspecified atom stereocenters. The van der Waals surface area contributed by atoms with Crippen molar-refractivity contribution in [2.24, 2.45) is 0 Å². The Labute approximate surface area is 282 Å². The summed E-state index contributed by atoms with van der Waals surface area (Å²) in [5.74, 6) is 1.84. The molecular weight excluding hydrogens is 599 g/mol. The molecule has 0 amide bonds. The molecule has 0 saturated carbocycles. The Morgan fingerprint density at radius 1 is 0.327 bits per heavy atom. The number of fused-ring (bicyclic) bond motifs is 8. The molecule has 0 bridgehead atoms. The number of hydrogen-bond donors (Lipinski definition) is 0. The Hall–Kier alpha value is -6.65. The van der Waals surface area contributed by atoms with Gasteiger partial charge in [-0.25, -0.2) is 15.0 Å². The smallest absolute Gasteiger partial charge is 0.164 e. The molecule has 0 aliphatic heterocycles. The Bertz CT molecular complexity index is 2870. The van der Waals surface area contributed by atoms with Gasteiger partial charge in [0.05, 0.1) is 0 Å². The van der Waals surface area contributed by atoms with Gasteiger partial charge in [0.2, 0.25) is 0 Å². The maximum atomic E-state index is 6.25. The minimum atomic E-state index is 0.604. The summed E-state index contributed by atoms with van der Waals surface area (Å²) in [5.41, 5.74) is 6.71. The molecule has 0 aliphatic rings. The van der Waals surface area contributed by atoms with Crippen molar-refractivity contribution < 1.29 is 4.42 Å². The minimum Gasteiger partial charge on any atom is -0.456 e. The number of furan rings is 1. The van der Waals surface area contributed by atoms with Gasteiger partial charge in [-0.15, -0.1) is 0 Å². The molecule has 0 fully saturated rings. The average Bonchev–Trinajstić information content (AvgIpc) is 3.57. The van der Waals surface area contributed by atoms with Crippen molar-refractivity contribution in [3.63, 3.8) is 0 Å². The Morgan fingerprint density at radius 3 is 1.73 bits per heavy atom. The van der Waals surface area contributed by atoms with Crippen LogP contribution in [-0.4, -0.2) is 15.0 Å². The molecule has 0 N–H and O–H groups in total. The van der Waals surface area contributed by atoms with Crippen molar-refractivity contribution in [1.82, 2.24) is 15.0 Å². The maximum absolute atomic E-state index is 6.25. The van der Waals surface area contributed by atoms with Gasteiger partial charge in [0, 0.05) is 27.5 Å². The number of para-hydroxylation sites is 1. The van der Waals surface area contributed by atoms with Crippen LogP contribution in [0.5, 0.6) is 0 Å². The first kappa shape index (κ1) is 27.5. The molecule has 4 heteroatoms.